The topological polar surface area (TPSA) is 78.5 Å². The molecule has 2 N–H and O–H groups in total. The maximum Gasteiger partial charge on any atom is 0.325 e. The quantitative estimate of drug-likeness (QED) is 0.809. The van der Waals surface area contributed by atoms with Crippen LogP contribution in [0.4, 0.5) is 4.79 Å². The molecule has 2 unspecified atom stereocenters. The number of amides is 4. The molecule has 1 aromatic heterocycles. The minimum atomic E-state index is -1.09. The minimum Gasteiger partial charge on any atom is -0.352 e. The molecule has 0 spiro atoms. The molecular weight excluding hydrogens is 302 g/mol. The highest BCUT2D eigenvalue weighted by Crippen LogP contribution is 2.31. The third-order valence-corrected chi connectivity index (χ3v) is 5.07. The van der Waals surface area contributed by atoms with Crippen molar-refractivity contribution in [3.8, 4) is 0 Å². The van der Waals surface area contributed by atoms with E-state index in [0.29, 0.717) is 0 Å². The summed E-state index contributed by atoms with van der Waals surface area (Å²) in [5.74, 6) is -0.448. The van der Waals surface area contributed by atoms with Crippen LogP contribution in [-0.2, 0) is 15.1 Å². The van der Waals surface area contributed by atoms with E-state index in [1.165, 1.54) is 11.3 Å². The van der Waals surface area contributed by atoms with Gasteiger partial charge in [0.25, 0.3) is 5.91 Å². The number of urea groups is 1. The number of imide groups is 1. The summed E-state index contributed by atoms with van der Waals surface area (Å²) >= 11 is 1.40. The van der Waals surface area contributed by atoms with Crippen LogP contribution < -0.4 is 10.6 Å². The van der Waals surface area contributed by atoms with Crippen molar-refractivity contribution in [2.45, 2.75) is 39.3 Å². The van der Waals surface area contributed by atoms with E-state index in [2.05, 4.69) is 10.6 Å². The monoisotopic (exact) mass is 323 g/mol. The second kappa shape index (κ2) is 6.08. The van der Waals surface area contributed by atoms with Gasteiger partial charge in [-0.1, -0.05) is 19.9 Å². The van der Waals surface area contributed by atoms with Gasteiger partial charge in [0, 0.05) is 10.9 Å². The van der Waals surface area contributed by atoms with Crippen LogP contribution in [0.5, 0.6) is 0 Å². The zero-order chi connectivity index (χ0) is 16.5. The fourth-order valence-corrected chi connectivity index (χ4v) is 3.02. The summed E-state index contributed by atoms with van der Waals surface area (Å²) in [6.45, 7) is 7.28. The summed E-state index contributed by atoms with van der Waals surface area (Å²) in [6.07, 6.45) is 0. The molecule has 1 aromatic rings. The molecule has 1 aliphatic rings. The Bertz CT molecular complexity index is 585. The number of hydrogen-bond donors (Lipinski definition) is 2. The second-order valence-electron chi connectivity index (χ2n) is 6.02. The van der Waals surface area contributed by atoms with Crippen LogP contribution in [0.1, 0.15) is 32.6 Å². The van der Waals surface area contributed by atoms with Crippen LogP contribution in [0.3, 0.4) is 0 Å². The SMILES string of the molecule is CC(C)C(C)NC(=O)CN1C(=O)NC(C)(c2cccs2)C1=O. The molecule has 1 saturated heterocycles. The van der Waals surface area contributed by atoms with Crippen molar-refractivity contribution in [2.24, 2.45) is 5.92 Å². The normalized spacial score (nSPS) is 22.9. The third-order valence-electron chi connectivity index (χ3n) is 3.98. The van der Waals surface area contributed by atoms with Gasteiger partial charge in [-0.15, -0.1) is 11.3 Å². The van der Waals surface area contributed by atoms with Gasteiger partial charge in [0.1, 0.15) is 6.54 Å². The number of nitrogens with zero attached hydrogens (tertiary/aromatic N) is 1. The predicted octanol–water partition coefficient (Wildman–Crippen LogP) is 1.68. The average Bonchev–Trinajstić information content (AvgIpc) is 3.03. The lowest BCUT2D eigenvalue weighted by Crippen LogP contribution is -2.45. The first-order valence-electron chi connectivity index (χ1n) is 7.23. The largest absolute Gasteiger partial charge is 0.352 e. The van der Waals surface area contributed by atoms with Crippen molar-refractivity contribution in [3.05, 3.63) is 22.4 Å². The summed E-state index contributed by atoms with van der Waals surface area (Å²) in [5, 5.41) is 7.33. The summed E-state index contributed by atoms with van der Waals surface area (Å²) in [6, 6.07) is 3.07. The van der Waals surface area contributed by atoms with E-state index < -0.39 is 17.5 Å². The third kappa shape index (κ3) is 2.99. The number of carbonyl (C=O) groups excluding carboxylic acids is 3. The molecule has 120 valence electrons. The lowest BCUT2D eigenvalue weighted by atomic mass is 10.0. The van der Waals surface area contributed by atoms with Crippen LogP contribution in [0.2, 0.25) is 0 Å². The second-order valence-corrected chi connectivity index (χ2v) is 6.97. The van der Waals surface area contributed by atoms with Gasteiger partial charge in [0.05, 0.1) is 0 Å². The lowest BCUT2D eigenvalue weighted by molar-refractivity contribution is -0.135. The Morgan fingerprint density at radius 3 is 2.64 bits per heavy atom. The van der Waals surface area contributed by atoms with E-state index in [1.54, 1.807) is 13.0 Å². The Hall–Kier alpha value is -1.89. The minimum absolute atomic E-state index is 0.0167. The molecule has 0 radical (unpaired) electrons. The highest BCUT2D eigenvalue weighted by atomic mass is 32.1. The van der Waals surface area contributed by atoms with Gasteiger partial charge >= 0.3 is 6.03 Å². The van der Waals surface area contributed by atoms with Gasteiger partial charge in [-0.25, -0.2) is 4.79 Å². The fourth-order valence-electron chi connectivity index (χ4n) is 2.18. The fraction of sp³-hybridized carbons (Fsp3) is 0.533. The first-order chi connectivity index (χ1) is 10.3. The van der Waals surface area contributed by atoms with E-state index in [9.17, 15) is 14.4 Å². The van der Waals surface area contributed by atoms with Crippen LogP contribution in [0.15, 0.2) is 17.5 Å². The smallest absolute Gasteiger partial charge is 0.325 e. The summed E-state index contributed by atoms with van der Waals surface area (Å²) < 4.78 is 0. The van der Waals surface area contributed by atoms with E-state index in [4.69, 9.17) is 0 Å². The van der Waals surface area contributed by atoms with E-state index in [-0.39, 0.29) is 24.4 Å². The van der Waals surface area contributed by atoms with E-state index in [0.717, 1.165) is 9.78 Å². The van der Waals surface area contributed by atoms with Gasteiger partial charge in [-0.2, -0.15) is 0 Å². The van der Waals surface area contributed by atoms with Crippen molar-refractivity contribution >= 4 is 29.2 Å². The Balaban J connectivity index is 2.08. The Kier molecular flexibility index (Phi) is 4.55. The van der Waals surface area contributed by atoms with Gasteiger partial charge in [-0.05, 0) is 31.2 Å². The Morgan fingerprint density at radius 2 is 2.09 bits per heavy atom. The highest BCUT2D eigenvalue weighted by Gasteiger charge is 2.50. The number of thiophene rings is 1. The van der Waals surface area contributed by atoms with Crippen molar-refractivity contribution in [3.63, 3.8) is 0 Å². The molecule has 7 heteroatoms. The van der Waals surface area contributed by atoms with Crippen LogP contribution in [0.25, 0.3) is 0 Å². The molecular formula is C15H21N3O3S. The Morgan fingerprint density at radius 1 is 1.41 bits per heavy atom. The number of carbonyl (C=O) groups is 3. The van der Waals surface area contributed by atoms with Crippen molar-refractivity contribution in [2.75, 3.05) is 6.54 Å². The summed E-state index contributed by atoms with van der Waals surface area (Å²) in [5.41, 5.74) is -1.09. The first kappa shape index (κ1) is 16.5. The number of hydrogen-bond acceptors (Lipinski definition) is 4. The van der Waals surface area contributed by atoms with Crippen molar-refractivity contribution in [1.29, 1.82) is 0 Å². The molecule has 1 fully saturated rings. The van der Waals surface area contributed by atoms with E-state index >= 15 is 0 Å². The molecule has 2 atom stereocenters. The molecule has 6 nitrogen and oxygen atoms in total. The van der Waals surface area contributed by atoms with Gasteiger partial charge < -0.3 is 10.6 Å². The Labute approximate surface area is 133 Å². The summed E-state index contributed by atoms with van der Waals surface area (Å²) in [7, 11) is 0. The van der Waals surface area contributed by atoms with Crippen LogP contribution in [0, 0.1) is 5.92 Å². The first-order valence-corrected chi connectivity index (χ1v) is 8.11. The van der Waals surface area contributed by atoms with Crippen LogP contribution in [-0.4, -0.2) is 35.3 Å². The molecule has 2 rings (SSSR count). The molecule has 1 aliphatic heterocycles. The van der Waals surface area contributed by atoms with Gasteiger partial charge in [0.15, 0.2) is 5.54 Å². The number of nitrogens with one attached hydrogen (secondary N) is 2. The molecule has 0 aromatic carbocycles. The van der Waals surface area contributed by atoms with Crippen molar-refractivity contribution < 1.29 is 14.4 Å². The van der Waals surface area contributed by atoms with Gasteiger partial charge in [0.2, 0.25) is 5.91 Å². The maximum absolute atomic E-state index is 12.6. The lowest BCUT2D eigenvalue weighted by Gasteiger charge is -2.21. The molecule has 0 saturated carbocycles. The standard InChI is InChI=1S/C15H21N3O3S/c1-9(2)10(3)16-12(19)8-18-13(20)15(4,17-14(18)21)11-6-5-7-22-11/h5-7,9-10H,8H2,1-4H3,(H,16,19)(H,17,21). The van der Waals surface area contributed by atoms with Crippen LogP contribution >= 0.6 is 11.3 Å². The molecule has 0 bridgehead atoms. The molecule has 0 aliphatic carbocycles. The predicted molar refractivity (Wildman–Crippen MR) is 84.4 cm³/mol. The average molecular weight is 323 g/mol. The number of rotatable bonds is 5. The zero-order valence-corrected chi connectivity index (χ0v) is 14.0. The summed E-state index contributed by atoms with van der Waals surface area (Å²) in [4.78, 5) is 38.4. The highest BCUT2D eigenvalue weighted by molar-refractivity contribution is 7.10. The molecule has 22 heavy (non-hydrogen) atoms. The van der Waals surface area contributed by atoms with Gasteiger partial charge in [-0.3, -0.25) is 14.5 Å². The maximum atomic E-state index is 12.6. The van der Waals surface area contributed by atoms with Crippen molar-refractivity contribution in [1.82, 2.24) is 15.5 Å². The van der Waals surface area contributed by atoms with E-state index in [1.807, 2.05) is 32.2 Å². The zero-order valence-electron chi connectivity index (χ0n) is 13.2. The molecule has 2 heterocycles. The molecule has 4 amide bonds.